The normalized spacial score (nSPS) is 11.5. The van der Waals surface area contributed by atoms with Crippen molar-refractivity contribution in [2.24, 2.45) is 0 Å². The van der Waals surface area contributed by atoms with Crippen molar-refractivity contribution < 1.29 is 0 Å². The fourth-order valence-electron chi connectivity index (χ4n) is 16.2. The van der Waals surface area contributed by atoms with Gasteiger partial charge >= 0.3 is 0 Å². The number of aromatic nitrogens is 6. The van der Waals surface area contributed by atoms with Crippen LogP contribution in [0.15, 0.2) is 376 Å². The fraction of sp³-hybridized carbons (Fsp3) is 0. The smallest absolute Gasteiger partial charge is 0.166 e. The Morgan fingerprint density at radius 3 is 0.917 bits per heavy atom. The molecule has 0 saturated carbocycles. The summed E-state index contributed by atoms with van der Waals surface area (Å²) in [5.74, 6) is 1.17. The molecule has 20 rings (SSSR count). The molecule has 0 saturated heterocycles. The molecule has 0 aliphatic carbocycles. The number of benzene rings is 16. The quantitative estimate of drug-likeness (QED) is 0.114. The van der Waals surface area contributed by atoms with Crippen LogP contribution in [0.2, 0.25) is 0 Å². The van der Waals surface area contributed by atoms with Gasteiger partial charge < -0.3 is 13.7 Å². The second-order valence-corrected chi connectivity index (χ2v) is 27.7. The molecule has 506 valence electrons. The predicted molar refractivity (Wildman–Crippen MR) is 447 cm³/mol. The molecular formula is C101H62N8. The van der Waals surface area contributed by atoms with Crippen molar-refractivity contribution in [3.63, 3.8) is 0 Å². The summed E-state index contributed by atoms with van der Waals surface area (Å²) in [6.45, 7) is 0. The number of hydrogen-bond donors (Lipinski definition) is 0. The van der Waals surface area contributed by atoms with Crippen LogP contribution in [0.4, 0.5) is 0 Å². The summed E-state index contributed by atoms with van der Waals surface area (Å²) in [6.07, 6.45) is 0. The minimum Gasteiger partial charge on any atom is -0.309 e. The molecule has 109 heavy (non-hydrogen) atoms. The van der Waals surface area contributed by atoms with Gasteiger partial charge in [0.05, 0.1) is 61.7 Å². The van der Waals surface area contributed by atoms with E-state index in [0.717, 1.165) is 160 Å². The molecule has 4 heterocycles. The highest BCUT2D eigenvalue weighted by atomic mass is 15.1. The van der Waals surface area contributed by atoms with Crippen molar-refractivity contribution in [3.05, 3.63) is 387 Å². The molecule has 0 aliphatic rings. The summed E-state index contributed by atoms with van der Waals surface area (Å²) in [6, 6.07) is 137. The standard InChI is InChI=1S/C101H62N8/c102-63-65-39-48-97(108-93-51-42-75(68-27-12-3-13-28-68)58-85(93)86-59-76(43-52-94(86)108)69-29-14-4-15-30-69)90(55-65)101-105-99(72-35-20-7-21-36-72)104-100(106-101)89-62-80(107-91-49-40-73(66-23-8-1-9-24-66)56-83(91)84-57-74(41-50-92(84)107)67-25-10-2-11-26-67)46-47-81(89)82-38-22-37-79(64-103)98(82)109-95-53-44-77(70-31-16-5-17-32-70)60-87(95)88-61-78(45-54-96(88)109)71-33-18-6-19-34-71/h1-62H. The van der Waals surface area contributed by atoms with Crippen molar-refractivity contribution >= 4 is 65.4 Å². The van der Waals surface area contributed by atoms with Crippen LogP contribution >= 0.6 is 0 Å². The first-order valence-electron chi connectivity index (χ1n) is 36.6. The minimum absolute atomic E-state index is 0.361. The lowest BCUT2D eigenvalue weighted by molar-refractivity contribution is 1.06. The summed E-state index contributed by atoms with van der Waals surface area (Å²) >= 11 is 0. The van der Waals surface area contributed by atoms with E-state index < -0.39 is 0 Å². The van der Waals surface area contributed by atoms with E-state index in [1.165, 1.54) is 0 Å². The van der Waals surface area contributed by atoms with Crippen molar-refractivity contribution in [1.29, 1.82) is 10.5 Å². The van der Waals surface area contributed by atoms with E-state index in [1.807, 2.05) is 84.9 Å². The third-order valence-electron chi connectivity index (χ3n) is 21.4. The van der Waals surface area contributed by atoms with Gasteiger partial charge in [-0.25, -0.2) is 15.0 Å². The summed E-state index contributed by atoms with van der Waals surface area (Å²) in [5, 5.41) is 29.3. The van der Waals surface area contributed by atoms with E-state index in [4.69, 9.17) is 15.0 Å². The molecule has 8 heteroatoms. The Kier molecular flexibility index (Phi) is 15.5. The average molecular weight is 1390 g/mol. The van der Waals surface area contributed by atoms with Gasteiger partial charge in [0.15, 0.2) is 17.5 Å². The third kappa shape index (κ3) is 11.1. The number of nitriles is 2. The van der Waals surface area contributed by atoms with E-state index in [9.17, 15) is 10.5 Å². The second kappa shape index (κ2) is 26.6. The number of rotatable bonds is 13. The van der Waals surface area contributed by atoms with Crippen molar-refractivity contribution in [3.8, 4) is 141 Å². The van der Waals surface area contributed by atoms with Gasteiger partial charge in [-0.15, -0.1) is 0 Å². The van der Waals surface area contributed by atoms with Crippen LogP contribution in [0, 0.1) is 22.7 Å². The maximum absolute atomic E-state index is 11.8. The maximum atomic E-state index is 11.8. The summed E-state index contributed by atoms with van der Waals surface area (Å²) in [5.41, 5.74) is 26.0. The molecule has 0 unspecified atom stereocenters. The van der Waals surface area contributed by atoms with Crippen LogP contribution < -0.4 is 0 Å². The van der Waals surface area contributed by atoms with Gasteiger partial charge in [-0.3, -0.25) is 0 Å². The highest BCUT2D eigenvalue weighted by Gasteiger charge is 2.27. The Balaban J connectivity index is 0.872. The second-order valence-electron chi connectivity index (χ2n) is 27.7. The predicted octanol–water partition coefficient (Wildman–Crippen LogP) is 25.6. The SMILES string of the molecule is N#Cc1ccc(-n2c3ccc(-c4ccccc4)cc3c3cc(-c4ccccc4)ccc32)c(-c2nc(-c3ccccc3)nc(-c3cc(-n4c5ccc(-c6ccccc6)cc5c5cc(-c6ccccc6)ccc54)ccc3-c3cccc(C#N)c3-n3c4ccc(-c5ccccc5)cc4c4cc(-c5ccccc5)ccc43)n2)c1. The highest BCUT2D eigenvalue weighted by molar-refractivity contribution is 6.15. The van der Waals surface area contributed by atoms with Crippen LogP contribution in [-0.2, 0) is 0 Å². The lowest BCUT2D eigenvalue weighted by atomic mass is 9.94. The molecule has 16 aromatic carbocycles. The molecule has 0 amide bonds. The molecule has 20 aromatic rings. The van der Waals surface area contributed by atoms with Gasteiger partial charge in [0.2, 0.25) is 0 Å². The van der Waals surface area contributed by atoms with Crippen molar-refractivity contribution in [2.75, 3.05) is 0 Å². The first-order chi connectivity index (χ1) is 53.9. The summed E-state index contributed by atoms with van der Waals surface area (Å²) < 4.78 is 6.94. The Labute approximate surface area is 629 Å². The van der Waals surface area contributed by atoms with Crippen LogP contribution in [0.3, 0.4) is 0 Å². The lowest BCUT2D eigenvalue weighted by Gasteiger charge is -2.20. The molecular weight excluding hydrogens is 1330 g/mol. The van der Waals surface area contributed by atoms with Crippen LogP contribution in [0.25, 0.3) is 195 Å². The molecule has 0 fully saturated rings. The zero-order valence-electron chi connectivity index (χ0n) is 58.9. The largest absolute Gasteiger partial charge is 0.309 e. The Hall–Kier alpha value is -15.1. The Bertz CT molecular complexity index is 6780. The first-order valence-corrected chi connectivity index (χ1v) is 36.6. The van der Waals surface area contributed by atoms with E-state index in [2.05, 4.69) is 317 Å². The molecule has 0 atom stereocenters. The van der Waals surface area contributed by atoms with Gasteiger partial charge in [0.25, 0.3) is 0 Å². The van der Waals surface area contributed by atoms with Gasteiger partial charge in [0, 0.05) is 60.3 Å². The zero-order chi connectivity index (χ0) is 72.5. The van der Waals surface area contributed by atoms with E-state index in [0.29, 0.717) is 45.4 Å². The monoisotopic (exact) mass is 1390 g/mol. The van der Waals surface area contributed by atoms with E-state index in [1.54, 1.807) is 0 Å². The van der Waals surface area contributed by atoms with E-state index in [-0.39, 0.29) is 0 Å². The maximum Gasteiger partial charge on any atom is 0.166 e. The minimum atomic E-state index is 0.361. The fourth-order valence-corrected chi connectivity index (χ4v) is 16.2. The molecule has 0 spiro atoms. The summed E-state index contributed by atoms with van der Waals surface area (Å²) in [4.78, 5) is 17.0. The topological polar surface area (TPSA) is 101 Å². The van der Waals surface area contributed by atoms with E-state index >= 15 is 0 Å². The number of fused-ring (bicyclic) bond motifs is 9. The average Bonchev–Trinajstić information content (AvgIpc) is 1.63. The zero-order valence-corrected chi connectivity index (χ0v) is 58.9. The molecule has 8 nitrogen and oxygen atoms in total. The molecule has 0 bridgehead atoms. The van der Waals surface area contributed by atoms with Gasteiger partial charge in [-0.05, 0) is 182 Å². The summed E-state index contributed by atoms with van der Waals surface area (Å²) in [7, 11) is 0. The van der Waals surface area contributed by atoms with Crippen molar-refractivity contribution in [1.82, 2.24) is 28.7 Å². The molecule has 0 N–H and O–H groups in total. The number of para-hydroxylation sites is 1. The lowest BCUT2D eigenvalue weighted by Crippen LogP contribution is -2.06. The van der Waals surface area contributed by atoms with Crippen LogP contribution in [0.5, 0.6) is 0 Å². The van der Waals surface area contributed by atoms with Crippen LogP contribution in [-0.4, -0.2) is 28.7 Å². The highest BCUT2D eigenvalue weighted by Crippen LogP contribution is 2.47. The Morgan fingerprint density at radius 2 is 0.550 bits per heavy atom. The molecule has 4 aromatic heterocycles. The molecule has 0 aliphatic heterocycles. The molecule has 0 radical (unpaired) electrons. The van der Waals surface area contributed by atoms with Crippen LogP contribution in [0.1, 0.15) is 11.1 Å². The van der Waals surface area contributed by atoms with Gasteiger partial charge in [0.1, 0.15) is 6.07 Å². The van der Waals surface area contributed by atoms with Gasteiger partial charge in [-0.2, -0.15) is 10.5 Å². The Morgan fingerprint density at radius 1 is 0.211 bits per heavy atom. The first kappa shape index (κ1) is 63.6. The number of hydrogen-bond acceptors (Lipinski definition) is 5. The number of nitrogens with zero attached hydrogens (tertiary/aromatic N) is 8. The van der Waals surface area contributed by atoms with Gasteiger partial charge in [-0.1, -0.05) is 267 Å². The third-order valence-corrected chi connectivity index (χ3v) is 21.4. The van der Waals surface area contributed by atoms with Crippen molar-refractivity contribution in [2.45, 2.75) is 0 Å².